The number of aliphatic carboxylic acids is 1. The van der Waals surface area contributed by atoms with Crippen LogP contribution < -0.4 is 0 Å². The van der Waals surface area contributed by atoms with Crippen LogP contribution >= 0.6 is 0 Å². The van der Waals surface area contributed by atoms with E-state index in [4.69, 9.17) is 24.1 Å². The molecule has 202 valence electrons. The third-order valence-electron chi connectivity index (χ3n) is 8.07. The number of aliphatic hydroxyl groups is 1. The molecule has 3 rings (SSSR count). The molecule has 3 aliphatic rings. The molecule has 1 saturated carbocycles. The van der Waals surface area contributed by atoms with Gasteiger partial charge in [0.25, 0.3) is 0 Å². The van der Waals surface area contributed by atoms with Crippen LogP contribution in [-0.2, 0) is 23.7 Å². The number of hydrogen-bond donors (Lipinski definition) is 2. The van der Waals surface area contributed by atoms with Gasteiger partial charge >= 0.3 is 5.97 Å². The second kappa shape index (κ2) is 14.1. The summed E-state index contributed by atoms with van der Waals surface area (Å²) in [5.41, 5.74) is 0. The minimum Gasteiger partial charge on any atom is -0.481 e. The zero-order chi connectivity index (χ0) is 25.3. The van der Waals surface area contributed by atoms with E-state index in [1.54, 1.807) is 7.11 Å². The maximum atomic E-state index is 10.8. The molecule has 2 saturated heterocycles. The molecule has 2 N–H and O–H groups in total. The Balaban J connectivity index is 1.62. The molecule has 0 aromatic carbocycles. The molecule has 0 spiro atoms. The van der Waals surface area contributed by atoms with Crippen LogP contribution in [0.2, 0.25) is 0 Å². The first-order chi connectivity index (χ1) is 16.9. The lowest BCUT2D eigenvalue weighted by molar-refractivity contribution is -0.218. The number of carboxylic acids is 1. The lowest BCUT2D eigenvalue weighted by Crippen LogP contribution is -2.33. The Kier molecular flexibility index (Phi) is 11.5. The number of fused-ring (bicyclic) bond motifs is 1. The Hall–Kier alpha value is -0.990. The van der Waals surface area contributed by atoms with Gasteiger partial charge in [0.2, 0.25) is 0 Å². The molecule has 35 heavy (non-hydrogen) atoms. The largest absolute Gasteiger partial charge is 0.481 e. The van der Waals surface area contributed by atoms with Crippen molar-refractivity contribution in [3.8, 4) is 0 Å². The van der Waals surface area contributed by atoms with Gasteiger partial charge in [0.15, 0.2) is 12.1 Å². The second-order valence-electron chi connectivity index (χ2n) is 11.0. The van der Waals surface area contributed by atoms with Crippen molar-refractivity contribution in [3.63, 3.8) is 0 Å². The van der Waals surface area contributed by atoms with Crippen molar-refractivity contribution in [1.82, 2.24) is 0 Å². The molecule has 1 aliphatic carbocycles. The number of methoxy groups -OCH3 is 1. The minimum absolute atomic E-state index is 0.000340. The fourth-order valence-electron chi connectivity index (χ4n) is 6.04. The Bertz CT molecular complexity index is 662. The van der Waals surface area contributed by atoms with E-state index in [0.717, 1.165) is 45.1 Å². The topological polar surface area (TPSA) is 94.5 Å². The van der Waals surface area contributed by atoms with Crippen molar-refractivity contribution in [3.05, 3.63) is 12.2 Å². The maximum Gasteiger partial charge on any atom is 0.303 e. The van der Waals surface area contributed by atoms with Gasteiger partial charge in [-0.3, -0.25) is 4.79 Å². The highest BCUT2D eigenvalue weighted by Gasteiger charge is 2.54. The van der Waals surface area contributed by atoms with Gasteiger partial charge < -0.3 is 29.2 Å². The number of aliphatic hydroxyl groups excluding tert-OH is 1. The molecule has 2 aliphatic heterocycles. The highest BCUT2D eigenvalue weighted by Crippen LogP contribution is 2.50. The molecule has 0 amide bonds. The Morgan fingerprint density at radius 3 is 2.77 bits per heavy atom. The molecular formula is C28H48O7. The summed E-state index contributed by atoms with van der Waals surface area (Å²) in [5, 5.41) is 19.8. The average molecular weight is 497 g/mol. The quantitative estimate of drug-likeness (QED) is 0.230. The van der Waals surface area contributed by atoms with Crippen LogP contribution in [0.3, 0.4) is 0 Å². The van der Waals surface area contributed by atoms with Crippen LogP contribution in [-0.4, -0.2) is 60.3 Å². The van der Waals surface area contributed by atoms with Crippen LogP contribution in [0, 0.1) is 17.8 Å². The number of ether oxygens (including phenoxy) is 4. The van der Waals surface area contributed by atoms with Gasteiger partial charge in [-0.1, -0.05) is 45.3 Å². The fraction of sp³-hybridized carbons (Fsp3) is 0.893. The van der Waals surface area contributed by atoms with Gasteiger partial charge in [-0.15, -0.1) is 0 Å². The van der Waals surface area contributed by atoms with Crippen LogP contribution in [0.5, 0.6) is 0 Å². The van der Waals surface area contributed by atoms with Crippen molar-refractivity contribution in [2.45, 2.75) is 128 Å². The standard InChI is InChI=1S/C28H48O7/c1-4-5-10-20(2)17-21(34-27-12-7-9-16-33-27)13-14-22-23-19-28(32-3,15-8-6-11-26(30)31)35-25(23)18-24(22)29/h13-14,20-25,27,29H,4-12,15-19H2,1-3H3,(H,30,31)/b14-13+/t20-,21+,22+,23+,24+,25+,27?,28?/m0/s1. The number of hydrogen-bond acceptors (Lipinski definition) is 6. The van der Waals surface area contributed by atoms with Gasteiger partial charge in [-0.05, 0) is 50.4 Å². The first-order valence-corrected chi connectivity index (χ1v) is 13.9. The van der Waals surface area contributed by atoms with E-state index >= 15 is 0 Å². The Labute approximate surface area is 211 Å². The summed E-state index contributed by atoms with van der Waals surface area (Å²) in [6.07, 6.45) is 15.0. The van der Waals surface area contributed by atoms with Crippen LogP contribution in [0.4, 0.5) is 0 Å². The first kappa shape index (κ1) is 28.6. The number of unbranched alkanes of at least 4 members (excludes halogenated alkanes) is 2. The number of carbonyl (C=O) groups is 1. The number of carboxylic acid groups (broad SMARTS) is 1. The van der Waals surface area contributed by atoms with E-state index in [2.05, 4.69) is 26.0 Å². The summed E-state index contributed by atoms with van der Waals surface area (Å²) in [6.45, 7) is 5.29. The summed E-state index contributed by atoms with van der Waals surface area (Å²) >= 11 is 0. The Morgan fingerprint density at radius 2 is 2.09 bits per heavy atom. The average Bonchev–Trinajstić information content (AvgIpc) is 3.33. The highest BCUT2D eigenvalue weighted by molar-refractivity contribution is 5.66. The molecule has 0 aromatic rings. The van der Waals surface area contributed by atoms with Gasteiger partial charge in [0, 0.05) is 45.3 Å². The van der Waals surface area contributed by atoms with Crippen molar-refractivity contribution >= 4 is 5.97 Å². The zero-order valence-electron chi connectivity index (χ0n) is 22.0. The molecular weight excluding hydrogens is 448 g/mol. The Morgan fingerprint density at radius 1 is 1.26 bits per heavy atom. The molecule has 3 fully saturated rings. The van der Waals surface area contributed by atoms with Gasteiger partial charge in [-0.2, -0.15) is 0 Å². The molecule has 0 radical (unpaired) electrons. The molecule has 2 heterocycles. The van der Waals surface area contributed by atoms with Crippen molar-refractivity contribution in [1.29, 1.82) is 0 Å². The molecule has 7 heteroatoms. The van der Waals surface area contributed by atoms with E-state index in [1.807, 2.05) is 0 Å². The minimum atomic E-state index is -0.770. The van der Waals surface area contributed by atoms with E-state index in [-0.39, 0.29) is 36.8 Å². The molecule has 0 aromatic heterocycles. The molecule has 2 unspecified atom stereocenters. The van der Waals surface area contributed by atoms with Gasteiger partial charge in [0.05, 0.1) is 18.3 Å². The molecule has 7 nitrogen and oxygen atoms in total. The van der Waals surface area contributed by atoms with Crippen molar-refractivity contribution < 1.29 is 34.0 Å². The normalized spacial score (nSPS) is 34.8. The van der Waals surface area contributed by atoms with Gasteiger partial charge in [0.1, 0.15) is 0 Å². The van der Waals surface area contributed by atoms with Crippen LogP contribution in [0.15, 0.2) is 12.2 Å². The zero-order valence-corrected chi connectivity index (χ0v) is 22.0. The lowest BCUT2D eigenvalue weighted by Gasteiger charge is -2.30. The first-order valence-electron chi connectivity index (χ1n) is 13.9. The van der Waals surface area contributed by atoms with Crippen molar-refractivity contribution in [2.75, 3.05) is 13.7 Å². The van der Waals surface area contributed by atoms with E-state index in [0.29, 0.717) is 25.2 Å². The summed E-state index contributed by atoms with van der Waals surface area (Å²) in [6, 6.07) is 0. The maximum absolute atomic E-state index is 10.8. The summed E-state index contributed by atoms with van der Waals surface area (Å²) in [4.78, 5) is 10.8. The smallest absolute Gasteiger partial charge is 0.303 e. The summed E-state index contributed by atoms with van der Waals surface area (Å²) in [7, 11) is 1.67. The van der Waals surface area contributed by atoms with Crippen LogP contribution in [0.25, 0.3) is 0 Å². The van der Waals surface area contributed by atoms with E-state index in [1.165, 1.54) is 19.3 Å². The van der Waals surface area contributed by atoms with Crippen LogP contribution in [0.1, 0.15) is 97.3 Å². The fourth-order valence-corrected chi connectivity index (χ4v) is 6.04. The highest BCUT2D eigenvalue weighted by atomic mass is 16.7. The summed E-state index contributed by atoms with van der Waals surface area (Å²) in [5.74, 6) is -0.699. The van der Waals surface area contributed by atoms with Gasteiger partial charge in [-0.25, -0.2) is 0 Å². The monoisotopic (exact) mass is 496 g/mol. The second-order valence-corrected chi connectivity index (χ2v) is 11.0. The third-order valence-corrected chi connectivity index (χ3v) is 8.07. The van der Waals surface area contributed by atoms with Crippen molar-refractivity contribution in [2.24, 2.45) is 17.8 Å². The third kappa shape index (κ3) is 8.53. The predicted molar refractivity (Wildman–Crippen MR) is 134 cm³/mol. The van der Waals surface area contributed by atoms with E-state index in [9.17, 15) is 9.90 Å². The summed E-state index contributed by atoms with van der Waals surface area (Å²) < 4.78 is 24.4. The predicted octanol–water partition coefficient (Wildman–Crippen LogP) is 5.44. The lowest BCUT2D eigenvalue weighted by atomic mass is 9.87. The SMILES string of the molecule is CCCC[C@H](C)C[C@@H](/C=C/[C@@H]1[C@H]2CC(CCCCC(=O)O)(OC)O[C@@H]2C[C@H]1O)OC1CCCCO1. The van der Waals surface area contributed by atoms with E-state index < -0.39 is 17.9 Å². The molecule has 0 bridgehead atoms. The number of rotatable bonds is 15. The molecule has 8 atom stereocenters.